The van der Waals surface area contributed by atoms with E-state index >= 15 is 0 Å². The zero-order valence-electron chi connectivity index (χ0n) is 15.7. The van der Waals surface area contributed by atoms with Crippen LogP contribution >= 0.6 is 23.4 Å². The fourth-order valence-corrected chi connectivity index (χ4v) is 3.93. The molecule has 0 amide bonds. The highest BCUT2D eigenvalue weighted by atomic mass is 35.5. The van der Waals surface area contributed by atoms with Gasteiger partial charge in [0.2, 0.25) is 0 Å². The third-order valence-corrected chi connectivity index (χ3v) is 5.49. The number of rotatable bonds is 8. The van der Waals surface area contributed by atoms with Gasteiger partial charge in [-0.15, -0.1) is 10.2 Å². The van der Waals surface area contributed by atoms with Crippen LogP contribution < -0.4 is 0 Å². The molecule has 0 aliphatic heterocycles. The van der Waals surface area contributed by atoms with Gasteiger partial charge < -0.3 is 4.57 Å². The van der Waals surface area contributed by atoms with E-state index in [1.807, 2.05) is 28.8 Å². The Balaban J connectivity index is 1.98. The molecule has 3 aromatic rings. The maximum absolute atomic E-state index is 11.2. The van der Waals surface area contributed by atoms with E-state index < -0.39 is 4.92 Å². The van der Waals surface area contributed by atoms with E-state index in [4.69, 9.17) is 16.9 Å². The summed E-state index contributed by atoms with van der Waals surface area (Å²) >= 11 is 7.42. The lowest BCUT2D eigenvalue weighted by Crippen LogP contribution is -2.03. The first kappa shape index (κ1) is 20.8. The highest BCUT2D eigenvalue weighted by molar-refractivity contribution is 7.99. The summed E-state index contributed by atoms with van der Waals surface area (Å²) in [4.78, 5) is 11.3. The van der Waals surface area contributed by atoms with Crippen LogP contribution in [-0.2, 0) is 6.54 Å². The molecule has 0 radical (unpaired) electrons. The number of unbranched alkanes of at least 4 members (excludes halogenated alkanes) is 2. The summed E-state index contributed by atoms with van der Waals surface area (Å²) in [5, 5.41) is 30.2. The van der Waals surface area contributed by atoms with Crippen molar-refractivity contribution in [2.24, 2.45) is 0 Å². The minimum atomic E-state index is -0.550. The van der Waals surface area contributed by atoms with Crippen molar-refractivity contribution in [2.75, 3.05) is 0 Å². The number of benzene rings is 2. The van der Waals surface area contributed by atoms with Crippen molar-refractivity contribution in [3.05, 3.63) is 63.2 Å². The lowest BCUT2D eigenvalue weighted by Gasteiger charge is -2.10. The quantitative estimate of drug-likeness (QED) is 0.259. The second-order valence-corrected chi connectivity index (χ2v) is 7.80. The van der Waals surface area contributed by atoms with Gasteiger partial charge in [-0.1, -0.05) is 43.5 Å². The molecule has 0 fully saturated rings. The number of hydrogen-bond acceptors (Lipinski definition) is 6. The number of halogens is 1. The average Bonchev–Trinajstić information content (AvgIpc) is 3.10. The molecular formula is C20H18ClN5O2S. The maximum atomic E-state index is 11.2. The molecule has 0 atom stereocenters. The summed E-state index contributed by atoms with van der Waals surface area (Å²) in [5.41, 5.74) is 0.673. The first-order valence-electron chi connectivity index (χ1n) is 9.09. The number of nitriles is 1. The third kappa shape index (κ3) is 4.94. The molecule has 148 valence electrons. The van der Waals surface area contributed by atoms with E-state index in [9.17, 15) is 10.1 Å². The lowest BCUT2D eigenvalue weighted by atomic mass is 10.2. The fraction of sp³-hybridized carbons (Fsp3) is 0.250. The molecule has 1 heterocycles. The van der Waals surface area contributed by atoms with Gasteiger partial charge in [-0.05, 0) is 42.4 Å². The smallest absolute Gasteiger partial charge is 0.288 e. The Kier molecular flexibility index (Phi) is 6.86. The summed E-state index contributed by atoms with van der Waals surface area (Å²) in [7, 11) is 0. The van der Waals surface area contributed by atoms with Gasteiger partial charge in [0, 0.05) is 28.1 Å². The molecule has 29 heavy (non-hydrogen) atoms. The van der Waals surface area contributed by atoms with Crippen LogP contribution in [0.2, 0.25) is 5.02 Å². The van der Waals surface area contributed by atoms with Crippen molar-refractivity contribution >= 4 is 29.1 Å². The SMILES string of the molecule is CCCCCn1c(Sc2ccc(C#N)c([N+](=O)[O-])c2)nnc1-c1cccc(Cl)c1. The van der Waals surface area contributed by atoms with E-state index in [-0.39, 0.29) is 11.3 Å². The van der Waals surface area contributed by atoms with Crippen LogP contribution in [0.3, 0.4) is 0 Å². The van der Waals surface area contributed by atoms with Crippen molar-refractivity contribution < 1.29 is 4.92 Å². The molecule has 0 saturated heterocycles. The van der Waals surface area contributed by atoms with Crippen molar-refractivity contribution in [1.82, 2.24) is 14.8 Å². The zero-order valence-corrected chi connectivity index (χ0v) is 17.3. The Morgan fingerprint density at radius 2 is 2.07 bits per heavy atom. The average molecular weight is 428 g/mol. The minimum Gasteiger partial charge on any atom is -0.302 e. The number of nitro groups is 1. The molecular weight excluding hydrogens is 410 g/mol. The molecule has 0 saturated carbocycles. The van der Waals surface area contributed by atoms with Gasteiger partial charge in [-0.2, -0.15) is 5.26 Å². The molecule has 7 nitrogen and oxygen atoms in total. The van der Waals surface area contributed by atoms with Crippen LogP contribution in [-0.4, -0.2) is 19.7 Å². The van der Waals surface area contributed by atoms with E-state index in [1.165, 1.54) is 23.9 Å². The van der Waals surface area contributed by atoms with Crippen molar-refractivity contribution in [2.45, 2.75) is 42.8 Å². The van der Waals surface area contributed by atoms with Gasteiger partial charge >= 0.3 is 0 Å². The van der Waals surface area contributed by atoms with E-state index in [2.05, 4.69) is 17.1 Å². The predicted molar refractivity (Wildman–Crippen MR) is 112 cm³/mol. The summed E-state index contributed by atoms with van der Waals surface area (Å²) in [6.07, 6.45) is 3.11. The topological polar surface area (TPSA) is 97.6 Å². The Morgan fingerprint density at radius 1 is 1.24 bits per heavy atom. The molecule has 3 rings (SSSR count). The van der Waals surface area contributed by atoms with Gasteiger partial charge in [-0.25, -0.2) is 0 Å². The third-order valence-electron chi connectivity index (χ3n) is 4.28. The normalized spacial score (nSPS) is 10.7. The molecule has 0 N–H and O–H groups in total. The Bertz CT molecular complexity index is 1080. The molecule has 0 aliphatic rings. The number of aromatic nitrogens is 3. The van der Waals surface area contributed by atoms with E-state index in [0.717, 1.165) is 31.4 Å². The number of hydrogen-bond donors (Lipinski definition) is 0. The van der Waals surface area contributed by atoms with E-state index in [1.54, 1.807) is 12.1 Å². The minimum absolute atomic E-state index is 0.0309. The van der Waals surface area contributed by atoms with Crippen molar-refractivity contribution in [1.29, 1.82) is 5.26 Å². The van der Waals surface area contributed by atoms with Gasteiger partial charge in [0.25, 0.3) is 5.69 Å². The van der Waals surface area contributed by atoms with Crippen LogP contribution in [0.4, 0.5) is 5.69 Å². The molecule has 0 bridgehead atoms. The Hall–Kier alpha value is -2.89. The Morgan fingerprint density at radius 3 is 2.76 bits per heavy atom. The molecule has 0 spiro atoms. The first-order valence-corrected chi connectivity index (χ1v) is 10.3. The van der Waals surface area contributed by atoms with E-state index in [0.29, 0.717) is 20.9 Å². The standard InChI is InChI=1S/C20H18ClN5O2S/c1-2-3-4-10-25-19(14-6-5-7-16(21)11-14)23-24-20(25)29-17-9-8-15(13-22)18(12-17)26(27)28/h5-9,11-12H,2-4,10H2,1H3. The van der Waals surface area contributed by atoms with Gasteiger partial charge in [0.1, 0.15) is 11.6 Å². The molecule has 0 aliphatic carbocycles. The summed E-state index contributed by atoms with van der Waals surface area (Å²) in [5.74, 6) is 0.703. The second kappa shape index (κ2) is 9.54. The number of nitro benzene ring substituents is 1. The summed E-state index contributed by atoms with van der Waals surface area (Å²) in [6, 6.07) is 13.8. The van der Waals surface area contributed by atoms with Crippen molar-refractivity contribution in [3.8, 4) is 17.5 Å². The Labute approximate surface area is 177 Å². The van der Waals surface area contributed by atoms with Crippen LogP contribution in [0.15, 0.2) is 52.5 Å². The predicted octanol–water partition coefficient (Wildman–Crippen LogP) is 5.72. The van der Waals surface area contributed by atoms with Gasteiger partial charge in [0.05, 0.1) is 4.92 Å². The molecule has 1 aromatic heterocycles. The van der Waals surface area contributed by atoms with Gasteiger partial charge in [-0.3, -0.25) is 10.1 Å². The monoisotopic (exact) mass is 427 g/mol. The zero-order chi connectivity index (χ0) is 20.8. The highest BCUT2D eigenvalue weighted by Gasteiger charge is 2.18. The second-order valence-electron chi connectivity index (χ2n) is 6.33. The van der Waals surface area contributed by atoms with Crippen LogP contribution in [0.25, 0.3) is 11.4 Å². The van der Waals surface area contributed by atoms with Crippen LogP contribution in [0, 0.1) is 21.4 Å². The lowest BCUT2D eigenvalue weighted by molar-refractivity contribution is -0.385. The summed E-state index contributed by atoms with van der Waals surface area (Å²) in [6.45, 7) is 2.86. The highest BCUT2D eigenvalue weighted by Crippen LogP contribution is 2.33. The van der Waals surface area contributed by atoms with Crippen LogP contribution in [0.1, 0.15) is 31.7 Å². The molecule has 9 heteroatoms. The van der Waals surface area contributed by atoms with Gasteiger partial charge in [0.15, 0.2) is 11.0 Å². The molecule has 2 aromatic carbocycles. The number of nitrogens with zero attached hydrogens (tertiary/aromatic N) is 5. The first-order chi connectivity index (χ1) is 14.0. The summed E-state index contributed by atoms with van der Waals surface area (Å²) < 4.78 is 2.01. The fourth-order valence-electron chi connectivity index (χ4n) is 2.85. The van der Waals surface area contributed by atoms with Crippen molar-refractivity contribution in [3.63, 3.8) is 0 Å². The molecule has 0 unspecified atom stereocenters. The van der Waals surface area contributed by atoms with Crippen LogP contribution in [0.5, 0.6) is 0 Å². The maximum Gasteiger partial charge on any atom is 0.288 e. The largest absolute Gasteiger partial charge is 0.302 e.